The van der Waals surface area contributed by atoms with Gasteiger partial charge in [-0.25, -0.2) is 17.6 Å². The Morgan fingerprint density at radius 3 is 2.50 bits per heavy atom. The number of alkyl halides is 5. The SMILES string of the molecule is Nc1cc(F)c(C(F)(F)F)c(-c2ncc3c(N4C[C@H]5CC[C@@H](C4)N5)nc(OC[C@@]45CCCN4C[C@@]4(CC4(F)F)C5)nc3c2F)c1Cl. The van der Waals surface area contributed by atoms with Gasteiger partial charge >= 0.3 is 12.2 Å². The van der Waals surface area contributed by atoms with E-state index in [-0.39, 0.29) is 55.3 Å². The second-order valence-electron chi connectivity index (χ2n) is 13.4. The van der Waals surface area contributed by atoms with Gasteiger partial charge in [-0.2, -0.15) is 23.1 Å². The summed E-state index contributed by atoms with van der Waals surface area (Å²) in [5, 5.41) is 2.90. The summed E-state index contributed by atoms with van der Waals surface area (Å²) in [5.74, 6) is -5.48. The number of halogens is 8. The van der Waals surface area contributed by atoms with E-state index in [0.717, 1.165) is 25.5 Å². The van der Waals surface area contributed by atoms with Crippen molar-refractivity contribution in [2.75, 3.05) is 43.4 Å². The Morgan fingerprint density at radius 1 is 1.11 bits per heavy atom. The molecule has 3 aromatic rings. The molecule has 8 nitrogen and oxygen atoms in total. The molecule has 5 aliphatic rings. The predicted octanol–water partition coefficient (Wildman–Crippen LogP) is 5.81. The summed E-state index contributed by atoms with van der Waals surface area (Å²) in [4.78, 5) is 16.9. The van der Waals surface area contributed by atoms with Crippen molar-refractivity contribution < 1.29 is 35.5 Å². The van der Waals surface area contributed by atoms with E-state index in [0.29, 0.717) is 32.1 Å². The van der Waals surface area contributed by atoms with Gasteiger partial charge in [-0.05, 0) is 44.7 Å². The topological polar surface area (TPSA) is 92.4 Å². The zero-order valence-electron chi connectivity index (χ0n) is 24.3. The van der Waals surface area contributed by atoms with E-state index < -0.39 is 67.7 Å². The van der Waals surface area contributed by atoms with Crippen LogP contribution in [0.2, 0.25) is 5.02 Å². The lowest BCUT2D eigenvalue weighted by Gasteiger charge is -2.34. The normalized spacial score (nSPS) is 30.0. The van der Waals surface area contributed by atoms with Crippen molar-refractivity contribution in [3.8, 4) is 17.3 Å². The van der Waals surface area contributed by atoms with Crippen LogP contribution in [0.15, 0.2) is 12.3 Å². The van der Waals surface area contributed by atoms with E-state index >= 15 is 4.39 Å². The van der Waals surface area contributed by atoms with Gasteiger partial charge in [-0.3, -0.25) is 9.88 Å². The van der Waals surface area contributed by atoms with E-state index in [2.05, 4.69) is 20.3 Å². The smallest absolute Gasteiger partial charge is 0.419 e. The second kappa shape index (κ2) is 9.92. The predicted molar refractivity (Wildman–Crippen MR) is 155 cm³/mol. The van der Waals surface area contributed by atoms with E-state index in [1.54, 1.807) is 0 Å². The number of nitrogens with zero attached hydrogens (tertiary/aromatic N) is 5. The third kappa shape index (κ3) is 4.51. The molecule has 0 unspecified atom stereocenters. The number of hydrogen-bond acceptors (Lipinski definition) is 8. The first-order valence-electron chi connectivity index (χ1n) is 15.2. The first kappa shape index (κ1) is 30.2. The van der Waals surface area contributed by atoms with Crippen LogP contribution in [0.25, 0.3) is 22.2 Å². The van der Waals surface area contributed by atoms with Gasteiger partial charge < -0.3 is 20.7 Å². The quantitative estimate of drug-likeness (QED) is 0.260. The van der Waals surface area contributed by atoms with Crippen molar-refractivity contribution in [2.45, 2.75) is 68.2 Å². The number of ether oxygens (including phenoxy) is 1. The summed E-state index contributed by atoms with van der Waals surface area (Å²) in [6, 6.07) is 0.466. The van der Waals surface area contributed by atoms with Crippen molar-refractivity contribution >= 4 is 34.0 Å². The number of nitrogens with one attached hydrogen (secondary N) is 1. The Hall–Kier alpha value is -3.17. The van der Waals surface area contributed by atoms with Crippen molar-refractivity contribution in [3.63, 3.8) is 0 Å². The van der Waals surface area contributed by atoms with Crippen LogP contribution in [0.3, 0.4) is 0 Å². The lowest BCUT2D eigenvalue weighted by atomic mass is 9.89. The molecule has 0 radical (unpaired) electrons. The lowest BCUT2D eigenvalue weighted by molar-refractivity contribution is -0.139. The highest BCUT2D eigenvalue weighted by atomic mass is 35.5. The van der Waals surface area contributed by atoms with Gasteiger partial charge in [0.2, 0.25) is 0 Å². The molecule has 0 amide bonds. The van der Waals surface area contributed by atoms with Gasteiger partial charge in [0, 0.05) is 49.9 Å². The molecule has 4 aliphatic heterocycles. The Morgan fingerprint density at radius 2 is 1.83 bits per heavy atom. The summed E-state index contributed by atoms with van der Waals surface area (Å²) < 4.78 is 108. The summed E-state index contributed by atoms with van der Waals surface area (Å²) in [6.07, 6.45) is -0.750. The largest absolute Gasteiger partial charge is 0.461 e. The molecule has 46 heavy (non-hydrogen) atoms. The van der Waals surface area contributed by atoms with E-state index in [1.165, 1.54) is 0 Å². The zero-order chi connectivity index (χ0) is 32.4. The van der Waals surface area contributed by atoms with Gasteiger partial charge in [0.25, 0.3) is 5.92 Å². The van der Waals surface area contributed by atoms with Gasteiger partial charge in [-0.1, -0.05) is 11.6 Å². The van der Waals surface area contributed by atoms with Crippen LogP contribution in [-0.2, 0) is 6.18 Å². The molecule has 246 valence electrons. The summed E-state index contributed by atoms with van der Waals surface area (Å²) in [6.45, 7) is 1.93. The average Bonchev–Trinajstić information content (AvgIpc) is 3.31. The van der Waals surface area contributed by atoms with Crippen LogP contribution in [0.1, 0.15) is 44.1 Å². The van der Waals surface area contributed by atoms with Crippen molar-refractivity contribution in [1.29, 1.82) is 0 Å². The van der Waals surface area contributed by atoms with Crippen molar-refractivity contribution in [1.82, 2.24) is 25.2 Å². The molecule has 5 fully saturated rings. The second-order valence-corrected chi connectivity index (χ2v) is 13.8. The third-order valence-electron chi connectivity index (χ3n) is 10.5. The minimum absolute atomic E-state index is 0.0212. The molecule has 1 spiro atoms. The minimum atomic E-state index is -5.26. The van der Waals surface area contributed by atoms with Gasteiger partial charge in [0.1, 0.15) is 35.0 Å². The van der Waals surface area contributed by atoms with Crippen LogP contribution in [0.4, 0.5) is 42.2 Å². The van der Waals surface area contributed by atoms with E-state index in [4.69, 9.17) is 22.1 Å². The van der Waals surface area contributed by atoms with Crippen molar-refractivity contribution in [3.05, 3.63) is 34.5 Å². The number of fused-ring (bicyclic) bond motifs is 4. The number of pyridine rings is 1. The molecule has 1 aliphatic carbocycles. The Balaban J connectivity index is 1.24. The molecule has 6 heterocycles. The van der Waals surface area contributed by atoms with Crippen LogP contribution >= 0.6 is 11.6 Å². The van der Waals surface area contributed by atoms with Crippen LogP contribution < -0.4 is 20.7 Å². The molecule has 4 atom stereocenters. The van der Waals surface area contributed by atoms with Gasteiger partial charge in [0.15, 0.2) is 5.82 Å². The monoisotopic (exact) mass is 671 g/mol. The molecule has 2 bridgehead atoms. The maximum absolute atomic E-state index is 16.5. The average molecular weight is 672 g/mol. The number of nitrogen functional groups attached to an aromatic ring is 1. The molecule has 16 heteroatoms. The molecule has 2 aromatic heterocycles. The highest BCUT2D eigenvalue weighted by Crippen LogP contribution is 2.69. The Kier molecular flexibility index (Phi) is 6.51. The number of benzene rings is 1. The third-order valence-corrected chi connectivity index (χ3v) is 10.9. The number of nitrogens with two attached hydrogens (primary N) is 1. The van der Waals surface area contributed by atoms with Crippen LogP contribution in [-0.4, -0.2) is 76.2 Å². The number of hydrogen-bond donors (Lipinski definition) is 2. The van der Waals surface area contributed by atoms with Crippen molar-refractivity contribution in [2.24, 2.45) is 5.41 Å². The number of rotatable bonds is 5. The number of piperazine rings is 1. The summed E-state index contributed by atoms with van der Waals surface area (Å²) in [5.41, 5.74) is -0.723. The minimum Gasteiger partial charge on any atom is -0.461 e. The van der Waals surface area contributed by atoms with Crippen LogP contribution in [0, 0.1) is 17.0 Å². The first-order chi connectivity index (χ1) is 21.7. The Bertz CT molecular complexity index is 1760. The molecule has 8 rings (SSSR count). The highest BCUT2D eigenvalue weighted by Gasteiger charge is 2.77. The highest BCUT2D eigenvalue weighted by molar-refractivity contribution is 6.36. The number of aromatic nitrogens is 3. The van der Waals surface area contributed by atoms with Crippen LogP contribution in [0.5, 0.6) is 6.01 Å². The zero-order valence-corrected chi connectivity index (χ0v) is 25.1. The molecular formula is C30H29ClF7N7O. The lowest BCUT2D eigenvalue weighted by Crippen LogP contribution is -2.51. The standard InChI is InChI=1S/C30H29ClF7N7O/c31-21-18(39)6-17(32)20(30(36,37)38)19(21)24-22(33)23-16(7-40-24)25(44-8-14-2-3-15(9-44)41-14)43-26(42-23)46-13-28-4-1-5-45(28)12-27(10-28)11-29(27,34)35/h6-7,14-15,41H,1-5,8-13,39H2/t14-,15+,27-,28-/m0/s1. The fourth-order valence-corrected chi connectivity index (χ4v) is 8.50. The maximum Gasteiger partial charge on any atom is 0.419 e. The van der Waals surface area contributed by atoms with E-state index in [9.17, 15) is 26.3 Å². The number of anilines is 2. The maximum atomic E-state index is 16.5. The molecule has 1 aromatic carbocycles. The molecular weight excluding hydrogens is 643 g/mol. The Labute approximate surface area is 263 Å². The molecule has 1 saturated carbocycles. The fraction of sp³-hybridized carbons (Fsp3) is 0.567. The first-order valence-corrected chi connectivity index (χ1v) is 15.6. The summed E-state index contributed by atoms with van der Waals surface area (Å²) in [7, 11) is 0. The fourth-order valence-electron chi connectivity index (χ4n) is 8.27. The van der Waals surface area contributed by atoms with Gasteiger partial charge in [-0.15, -0.1) is 0 Å². The summed E-state index contributed by atoms with van der Waals surface area (Å²) >= 11 is 6.15. The van der Waals surface area contributed by atoms with E-state index in [1.807, 2.05) is 9.80 Å². The molecule has 3 N–H and O–H groups in total. The molecule has 4 saturated heterocycles. The van der Waals surface area contributed by atoms with Gasteiger partial charge in [0.05, 0.1) is 27.1 Å².